The maximum atomic E-state index is 4.40. The van der Waals surface area contributed by atoms with Gasteiger partial charge >= 0.3 is 0 Å². The number of anilines is 1. The minimum absolute atomic E-state index is 0.135. The molecule has 2 aromatic heterocycles. The number of rotatable bonds is 4. The first-order valence-corrected chi connectivity index (χ1v) is 9.95. The molecule has 0 bridgehead atoms. The van der Waals surface area contributed by atoms with Crippen LogP contribution in [-0.4, -0.2) is 20.2 Å². The molecule has 0 fully saturated rings. The summed E-state index contributed by atoms with van der Waals surface area (Å²) in [6.45, 7) is 0.783. The van der Waals surface area contributed by atoms with Gasteiger partial charge in [-0.2, -0.15) is 0 Å². The van der Waals surface area contributed by atoms with Crippen molar-refractivity contribution in [2.45, 2.75) is 25.0 Å². The summed E-state index contributed by atoms with van der Waals surface area (Å²) in [4.78, 5) is 3.68. The van der Waals surface area contributed by atoms with E-state index < -0.39 is 0 Å². The van der Waals surface area contributed by atoms with E-state index >= 15 is 0 Å². The topological polar surface area (TPSA) is 46.8 Å². The van der Waals surface area contributed by atoms with Crippen molar-refractivity contribution < 1.29 is 0 Å². The first kappa shape index (κ1) is 16.2. The van der Waals surface area contributed by atoms with Crippen molar-refractivity contribution in [3.63, 3.8) is 0 Å². The summed E-state index contributed by atoms with van der Waals surface area (Å²) in [7, 11) is 0. The molecule has 0 saturated carbocycles. The Morgan fingerprint density at radius 3 is 2.41 bits per heavy atom. The van der Waals surface area contributed by atoms with Gasteiger partial charge in [0.2, 0.25) is 5.95 Å². The largest absolute Gasteiger partial charge is 0.327 e. The van der Waals surface area contributed by atoms with Crippen molar-refractivity contribution in [3.05, 3.63) is 94.2 Å². The van der Waals surface area contributed by atoms with E-state index in [1.807, 2.05) is 16.8 Å². The number of thiophene rings is 1. The molecular weight excluding hydrogens is 354 g/mol. The maximum absolute atomic E-state index is 4.40. The average Bonchev–Trinajstić information content (AvgIpc) is 3.42. The molecule has 0 amide bonds. The lowest BCUT2D eigenvalue weighted by molar-refractivity contribution is 0.379. The highest BCUT2D eigenvalue weighted by atomic mass is 32.1. The molecule has 2 unspecified atom stereocenters. The fourth-order valence-corrected chi connectivity index (χ4v) is 4.67. The number of hydrogen-bond acceptors (Lipinski definition) is 5. The molecule has 134 valence electrons. The van der Waals surface area contributed by atoms with Crippen molar-refractivity contribution in [1.82, 2.24) is 20.2 Å². The van der Waals surface area contributed by atoms with E-state index in [1.54, 1.807) is 11.3 Å². The molecule has 5 nitrogen and oxygen atoms in total. The zero-order valence-corrected chi connectivity index (χ0v) is 15.5. The summed E-state index contributed by atoms with van der Waals surface area (Å²) in [5.74, 6) is 0.831. The molecule has 2 atom stereocenters. The highest BCUT2D eigenvalue weighted by Crippen LogP contribution is 2.43. The molecule has 1 aliphatic rings. The van der Waals surface area contributed by atoms with Crippen molar-refractivity contribution in [3.8, 4) is 0 Å². The van der Waals surface area contributed by atoms with Crippen LogP contribution in [0.5, 0.6) is 0 Å². The SMILES string of the molecule is c1ccc(CN2c3nnnn3C(c3ccccc3)CC2c2cccs2)cc1. The van der Waals surface area contributed by atoms with Crippen LogP contribution in [0.3, 0.4) is 0 Å². The number of nitrogens with zero attached hydrogens (tertiary/aromatic N) is 5. The fraction of sp³-hybridized carbons (Fsp3) is 0.190. The number of aromatic nitrogens is 4. The first-order valence-electron chi connectivity index (χ1n) is 9.07. The molecule has 1 aliphatic heterocycles. The molecule has 0 spiro atoms. The Kier molecular flexibility index (Phi) is 4.18. The molecule has 5 rings (SSSR count). The minimum Gasteiger partial charge on any atom is -0.327 e. The molecule has 2 aromatic carbocycles. The molecule has 0 aliphatic carbocycles. The Balaban J connectivity index is 1.59. The van der Waals surface area contributed by atoms with E-state index in [1.165, 1.54) is 16.0 Å². The number of tetrazole rings is 1. The smallest absolute Gasteiger partial charge is 0.246 e. The third-order valence-electron chi connectivity index (χ3n) is 5.10. The van der Waals surface area contributed by atoms with Crippen LogP contribution < -0.4 is 4.90 Å². The third-order valence-corrected chi connectivity index (χ3v) is 6.08. The Morgan fingerprint density at radius 2 is 1.67 bits per heavy atom. The second-order valence-corrected chi connectivity index (χ2v) is 7.71. The van der Waals surface area contributed by atoms with Gasteiger partial charge in [0.05, 0.1) is 12.1 Å². The van der Waals surface area contributed by atoms with Crippen LogP contribution >= 0.6 is 11.3 Å². The lowest BCUT2D eigenvalue weighted by Crippen LogP contribution is -2.38. The highest BCUT2D eigenvalue weighted by molar-refractivity contribution is 7.10. The standard InChI is InChI=1S/C21H19N5S/c1-3-8-16(9-4-1)15-25-19(20-12-7-13-27-20)14-18(17-10-5-2-6-11-17)26-21(25)22-23-24-26/h1-13,18-19H,14-15H2. The van der Waals surface area contributed by atoms with Crippen LogP contribution in [0.15, 0.2) is 78.2 Å². The van der Waals surface area contributed by atoms with Crippen LogP contribution in [0, 0.1) is 0 Å². The number of fused-ring (bicyclic) bond motifs is 1. The van der Waals surface area contributed by atoms with Gasteiger partial charge in [-0.1, -0.05) is 71.8 Å². The van der Waals surface area contributed by atoms with Gasteiger partial charge in [0, 0.05) is 11.4 Å². The van der Waals surface area contributed by atoms with E-state index in [9.17, 15) is 0 Å². The number of hydrogen-bond donors (Lipinski definition) is 0. The molecule has 0 saturated heterocycles. The summed E-state index contributed by atoms with van der Waals surface area (Å²) < 4.78 is 1.97. The normalized spacial score (nSPS) is 19.0. The molecule has 4 aromatic rings. The van der Waals surface area contributed by atoms with E-state index in [4.69, 9.17) is 0 Å². The maximum Gasteiger partial charge on any atom is 0.246 e. The molecule has 0 N–H and O–H groups in total. The molecular formula is C21H19N5S. The Hall–Kier alpha value is -2.99. The van der Waals surface area contributed by atoms with Gasteiger partial charge in [0.25, 0.3) is 0 Å². The molecule has 0 radical (unpaired) electrons. The van der Waals surface area contributed by atoms with E-state index in [2.05, 4.69) is 86.5 Å². The van der Waals surface area contributed by atoms with Crippen molar-refractivity contribution in [2.24, 2.45) is 0 Å². The van der Waals surface area contributed by atoms with Crippen molar-refractivity contribution >= 4 is 17.3 Å². The van der Waals surface area contributed by atoms with Gasteiger partial charge < -0.3 is 4.90 Å². The fourth-order valence-electron chi connectivity index (χ4n) is 3.82. The number of benzene rings is 2. The monoisotopic (exact) mass is 373 g/mol. The summed E-state index contributed by atoms with van der Waals surface area (Å²) in [6, 6.07) is 25.8. The Labute approximate surface area is 161 Å². The molecule has 3 heterocycles. The zero-order valence-electron chi connectivity index (χ0n) is 14.7. The van der Waals surface area contributed by atoms with Crippen LogP contribution in [0.4, 0.5) is 5.95 Å². The predicted octanol–water partition coefficient (Wildman–Crippen LogP) is 4.48. The summed E-state index contributed by atoms with van der Waals surface area (Å²) >= 11 is 1.80. The van der Waals surface area contributed by atoms with Gasteiger partial charge in [-0.05, 0) is 39.4 Å². The predicted molar refractivity (Wildman–Crippen MR) is 107 cm³/mol. The second kappa shape index (κ2) is 6.96. The minimum atomic E-state index is 0.135. The molecule has 6 heteroatoms. The van der Waals surface area contributed by atoms with Gasteiger partial charge in [-0.3, -0.25) is 0 Å². The zero-order chi connectivity index (χ0) is 18.1. The quantitative estimate of drug-likeness (QED) is 0.529. The van der Waals surface area contributed by atoms with Crippen LogP contribution in [0.2, 0.25) is 0 Å². The first-order chi connectivity index (χ1) is 13.4. The van der Waals surface area contributed by atoms with Gasteiger partial charge in [0.1, 0.15) is 0 Å². The molecule has 27 heavy (non-hydrogen) atoms. The highest BCUT2D eigenvalue weighted by Gasteiger charge is 2.37. The van der Waals surface area contributed by atoms with E-state index in [-0.39, 0.29) is 12.1 Å². The lowest BCUT2D eigenvalue weighted by Gasteiger charge is -2.39. The van der Waals surface area contributed by atoms with E-state index in [0.717, 1.165) is 18.9 Å². The van der Waals surface area contributed by atoms with Gasteiger partial charge in [-0.15, -0.1) is 11.3 Å². The van der Waals surface area contributed by atoms with Gasteiger partial charge in [-0.25, -0.2) is 4.68 Å². The van der Waals surface area contributed by atoms with Crippen molar-refractivity contribution in [1.29, 1.82) is 0 Å². The van der Waals surface area contributed by atoms with Crippen LogP contribution in [0.25, 0.3) is 0 Å². The van der Waals surface area contributed by atoms with Crippen LogP contribution in [0.1, 0.15) is 34.5 Å². The van der Waals surface area contributed by atoms with Crippen LogP contribution in [-0.2, 0) is 6.54 Å². The third kappa shape index (κ3) is 3.02. The Bertz CT molecular complexity index is 998. The average molecular weight is 373 g/mol. The lowest BCUT2D eigenvalue weighted by atomic mass is 9.95. The van der Waals surface area contributed by atoms with Crippen molar-refractivity contribution in [2.75, 3.05) is 4.90 Å². The van der Waals surface area contributed by atoms with E-state index in [0.29, 0.717) is 0 Å². The second-order valence-electron chi connectivity index (χ2n) is 6.73. The summed E-state index contributed by atoms with van der Waals surface area (Å²) in [5, 5.41) is 14.9. The summed E-state index contributed by atoms with van der Waals surface area (Å²) in [6.07, 6.45) is 0.940. The van der Waals surface area contributed by atoms with Gasteiger partial charge in [0.15, 0.2) is 0 Å². The Morgan fingerprint density at radius 1 is 0.889 bits per heavy atom. The summed E-state index contributed by atoms with van der Waals surface area (Å²) in [5.41, 5.74) is 2.50.